The molecule has 0 spiro atoms. The van der Waals surface area contributed by atoms with Crippen molar-refractivity contribution in [2.75, 3.05) is 4.72 Å². The number of hydrogen-bond donors (Lipinski definition) is 2. The number of carboxylic acid groups (broad SMARTS) is 1. The summed E-state index contributed by atoms with van der Waals surface area (Å²) in [6, 6.07) is 1.12. The predicted molar refractivity (Wildman–Crippen MR) is 65.3 cm³/mol. The van der Waals surface area contributed by atoms with Gasteiger partial charge in [-0.1, -0.05) is 0 Å². The van der Waals surface area contributed by atoms with E-state index < -0.39 is 16.0 Å². The standard InChI is InChI=1S/C9H9N3O4S2/c1-12-4-6(3-10-12)11-18(15,16)7-2-8(9(13)14)17-5-7/h2-5,11H,1H3,(H,13,14). The van der Waals surface area contributed by atoms with Crippen molar-refractivity contribution in [3.63, 3.8) is 0 Å². The van der Waals surface area contributed by atoms with Gasteiger partial charge in [0, 0.05) is 18.6 Å². The van der Waals surface area contributed by atoms with Crippen molar-refractivity contribution >= 4 is 33.0 Å². The second-order valence-corrected chi connectivity index (χ2v) is 6.05. The topological polar surface area (TPSA) is 101 Å². The molecule has 2 N–H and O–H groups in total. The third kappa shape index (κ3) is 2.51. The van der Waals surface area contributed by atoms with Crippen LogP contribution in [0.15, 0.2) is 28.7 Å². The van der Waals surface area contributed by atoms with E-state index in [0.717, 1.165) is 17.4 Å². The fourth-order valence-corrected chi connectivity index (χ4v) is 3.40. The summed E-state index contributed by atoms with van der Waals surface area (Å²) in [7, 11) is -2.11. The van der Waals surface area contributed by atoms with Gasteiger partial charge in [-0.3, -0.25) is 9.40 Å². The monoisotopic (exact) mass is 287 g/mol. The summed E-state index contributed by atoms with van der Waals surface area (Å²) in [6.07, 6.45) is 2.87. The van der Waals surface area contributed by atoms with Crippen molar-refractivity contribution in [3.8, 4) is 0 Å². The third-order valence-electron chi connectivity index (χ3n) is 2.05. The Hall–Kier alpha value is -1.87. The minimum atomic E-state index is -3.77. The van der Waals surface area contributed by atoms with Crippen LogP contribution < -0.4 is 4.72 Å². The van der Waals surface area contributed by atoms with Crippen LogP contribution in [0.4, 0.5) is 5.69 Å². The molecule has 0 amide bonds. The number of carbonyl (C=O) groups is 1. The SMILES string of the molecule is Cn1cc(NS(=O)(=O)c2csc(C(=O)O)c2)cn1. The van der Waals surface area contributed by atoms with Crippen LogP contribution in [0.1, 0.15) is 9.67 Å². The quantitative estimate of drug-likeness (QED) is 0.873. The van der Waals surface area contributed by atoms with Gasteiger partial charge >= 0.3 is 5.97 Å². The number of carboxylic acids is 1. The van der Waals surface area contributed by atoms with Crippen LogP contribution in [-0.4, -0.2) is 29.3 Å². The van der Waals surface area contributed by atoms with Gasteiger partial charge in [-0.15, -0.1) is 11.3 Å². The Labute approximate surface area is 107 Å². The molecule has 0 radical (unpaired) electrons. The highest BCUT2D eigenvalue weighted by Crippen LogP contribution is 2.21. The molecule has 0 aliphatic carbocycles. The average molecular weight is 287 g/mol. The zero-order chi connectivity index (χ0) is 13.3. The van der Waals surface area contributed by atoms with Crippen LogP contribution in [0.25, 0.3) is 0 Å². The molecule has 0 unspecified atom stereocenters. The van der Waals surface area contributed by atoms with Crippen molar-refractivity contribution in [1.82, 2.24) is 9.78 Å². The minimum absolute atomic E-state index is 0.0263. The first kappa shape index (κ1) is 12.6. The number of nitrogens with one attached hydrogen (secondary N) is 1. The summed E-state index contributed by atoms with van der Waals surface area (Å²) in [4.78, 5) is 10.6. The van der Waals surface area contributed by atoms with E-state index >= 15 is 0 Å². The van der Waals surface area contributed by atoms with E-state index in [0.29, 0.717) is 5.69 Å². The van der Waals surface area contributed by atoms with Crippen molar-refractivity contribution in [2.24, 2.45) is 7.05 Å². The Balaban J connectivity index is 2.27. The molecule has 2 aromatic rings. The molecule has 18 heavy (non-hydrogen) atoms. The lowest BCUT2D eigenvalue weighted by Crippen LogP contribution is -2.11. The Morgan fingerprint density at radius 1 is 1.56 bits per heavy atom. The van der Waals surface area contributed by atoms with Gasteiger partial charge in [-0.05, 0) is 6.07 Å². The van der Waals surface area contributed by atoms with E-state index in [1.165, 1.54) is 22.5 Å². The van der Waals surface area contributed by atoms with Crippen LogP contribution in [0.2, 0.25) is 0 Å². The van der Waals surface area contributed by atoms with E-state index in [1.807, 2.05) is 0 Å². The van der Waals surface area contributed by atoms with E-state index in [9.17, 15) is 13.2 Å². The fourth-order valence-electron chi connectivity index (χ4n) is 1.26. The van der Waals surface area contributed by atoms with Gasteiger partial charge in [0.2, 0.25) is 0 Å². The van der Waals surface area contributed by atoms with E-state index in [1.54, 1.807) is 7.05 Å². The maximum absolute atomic E-state index is 11.9. The molecule has 0 atom stereocenters. The predicted octanol–water partition coefficient (Wildman–Crippen LogP) is 0.981. The van der Waals surface area contributed by atoms with Gasteiger partial charge in [0.25, 0.3) is 10.0 Å². The van der Waals surface area contributed by atoms with Crippen LogP contribution in [0, 0.1) is 0 Å². The lowest BCUT2D eigenvalue weighted by Gasteiger charge is -2.02. The highest BCUT2D eigenvalue weighted by Gasteiger charge is 2.19. The second kappa shape index (κ2) is 4.42. The van der Waals surface area contributed by atoms with Crippen molar-refractivity contribution in [3.05, 3.63) is 28.7 Å². The number of nitrogens with zero attached hydrogens (tertiary/aromatic N) is 2. The molecule has 0 aromatic carbocycles. The molecule has 0 aliphatic rings. The molecule has 2 rings (SSSR count). The van der Waals surface area contributed by atoms with Gasteiger partial charge < -0.3 is 5.11 Å². The highest BCUT2D eigenvalue weighted by atomic mass is 32.2. The summed E-state index contributed by atoms with van der Waals surface area (Å²) >= 11 is 0.861. The van der Waals surface area contributed by atoms with E-state index in [2.05, 4.69) is 9.82 Å². The molecular formula is C9H9N3O4S2. The highest BCUT2D eigenvalue weighted by molar-refractivity contribution is 7.92. The molecule has 7 nitrogen and oxygen atoms in total. The largest absolute Gasteiger partial charge is 0.477 e. The number of sulfonamides is 1. The Morgan fingerprint density at radius 2 is 2.28 bits per heavy atom. The Bertz CT molecular complexity index is 686. The molecule has 2 aromatic heterocycles. The molecule has 0 fully saturated rings. The van der Waals surface area contributed by atoms with Crippen molar-refractivity contribution in [2.45, 2.75) is 4.90 Å². The summed E-state index contributed by atoms with van der Waals surface area (Å²) in [5.41, 5.74) is 0.320. The summed E-state index contributed by atoms with van der Waals surface area (Å²) in [5, 5.41) is 13.8. The number of thiophene rings is 1. The first-order chi connectivity index (χ1) is 8.38. The fraction of sp³-hybridized carbons (Fsp3) is 0.111. The summed E-state index contributed by atoms with van der Waals surface area (Å²) in [6.45, 7) is 0. The average Bonchev–Trinajstić information content (AvgIpc) is 2.86. The maximum atomic E-state index is 11.9. The van der Waals surface area contributed by atoms with Gasteiger partial charge in [-0.2, -0.15) is 5.10 Å². The maximum Gasteiger partial charge on any atom is 0.345 e. The number of rotatable bonds is 4. The van der Waals surface area contributed by atoms with Gasteiger partial charge in [-0.25, -0.2) is 13.2 Å². The van der Waals surface area contributed by atoms with Gasteiger partial charge in [0.05, 0.1) is 16.8 Å². The molecule has 0 saturated carbocycles. The lowest BCUT2D eigenvalue weighted by atomic mass is 10.5. The first-order valence-electron chi connectivity index (χ1n) is 4.72. The molecule has 2 heterocycles. The van der Waals surface area contributed by atoms with E-state index in [-0.39, 0.29) is 9.77 Å². The lowest BCUT2D eigenvalue weighted by molar-refractivity contribution is 0.0702. The smallest absolute Gasteiger partial charge is 0.345 e. The van der Waals surface area contributed by atoms with E-state index in [4.69, 9.17) is 5.11 Å². The van der Waals surface area contributed by atoms with Gasteiger partial charge in [0.15, 0.2) is 0 Å². The number of aryl methyl sites for hydroxylation is 1. The molecule has 96 valence electrons. The van der Waals surface area contributed by atoms with Crippen LogP contribution in [-0.2, 0) is 17.1 Å². The summed E-state index contributed by atoms with van der Waals surface area (Å²) in [5.74, 6) is -1.15. The molecule has 0 saturated heterocycles. The third-order valence-corrected chi connectivity index (χ3v) is 4.48. The Kier molecular flexibility index (Phi) is 3.09. The Morgan fingerprint density at radius 3 is 2.78 bits per heavy atom. The van der Waals surface area contributed by atoms with Crippen LogP contribution in [0.3, 0.4) is 0 Å². The summed E-state index contributed by atoms with van der Waals surface area (Å²) < 4.78 is 27.6. The second-order valence-electron chi connectivity index (χ2n) is 3.46. The number of aromatic nitrogens is 2. The zero-order valence-electron chi connectivity index (χ0n) is 9.19. The van der Waals surface area contributed by atoms with Crippen LogP contribution >= 0.6 is 11.3 Å². The molecular weight excluding hydrogens is 278 g/mol. The van der Waals surface area contributed by atoms with Crippen LogP contribution in [0.5, 0.6) is 0 Å². The molecule has 0 bridgehead atoms. The van der Waals surface area contributed by atoms with Gasteiger partial charge in [0.1, 0.15) is 4.88 Å². The molecule has 9 heteroatoms. The number of aromatic carboxylic acids is 1. The number of hydrogen-bond acceptors (Lipinski definition) is 5. The number of anilines is 1. The van der Waals surface area contributed by atoms with Crippen molar-refractivity contribution in [1.29, 1.82) is 0 Å². The molecule has 0 aliphatic heterocycles. The normalized spacial score (nSPS) is 11.4. The minimum Gasteiger partial charge on any atom is -0.477 e. The first-order valence-corrected chi connectivity index (χ1v) is 7.08. The van der Waals surface area contributed by atoms with Crippen molar-refractivity contribution < 1.29 is 18.3 Å². The zero-order valence-corrected chi connectivity index (χ0v) is 10.8.